The Balaban J connectivity index is 1.42. The molecule has 1 aliphatic heterocycles. The van der Waals surface area contributed by atoms with Crippen LogP contribution in [0.2, 0.25) is 0 Å². The molecule has 1 amide bonds. The fourth-order valence-corrected chi connectivity index (χ4v) is 5.09. The van der Waals surface area contributed by atoms with Gasteiger partial charge in [-0.2, -0.15) is 0 Å². The topological polar surface area (TPSA) is 97.0 Å². The zero-order chi connectivity index (χ0) is 27.6. The minimum Gasteiger partial charge on any atom is -0.505 e. The van der Waals surface area contributed by atoms with Crippen molar-refractivity contribution in [1.29, 1.82) is 0 Å². The van der Waals surface area contributed by atoms with E-state index in [0.717, 1.165) is 11.1 Å². The van der Waals surface area contributed by atoms with Crippen molar-refractivity contribution < 1.29 is 19.4 Å². The maximum absolute atomic E-state index is 13.5. The van der Waals surface area contributed by atoms with Crippen molar-refractivity contribution in [2.45, 2.75) is 26.1 Å². The van der Waals surface area contributed by atoms with E-state index in [0.29, 0.717) is 35.0 Å². The molecule has 6 rings (SSSR count). The SMILES string of the molecule is Cc1nc2ccccn2c1/C(O)=C1\C(=O)C(=O)N(Cc2cccnc2)C1c1ccc(OCc2ccccc2)cc1. The summed E-state index contributed by atoms with van der Waals surface area (Å²) in [6.07, 6.45) is 5.08. The monoisotopic (exact) mass is 530 g/mol. The van der Waals surface area contributed by atoms with Crippen LogP contribution in [0, 0.1) is 6.92 Å². The van der Waals surface area contributed by atoms with E-state index in [2.05, 4.69) is 9.97 Å². The van der Waals surface area contributed by atoms with Crippen LogP contribution >= 0.6 is 0 Å². The number of fused-ring (bicyclic) bond motifs is 1. The molecule has 0 saturated carbocycles. The fourth-order valence-electron chi connectivity index (χ4n) is 5.09. The number of aromatic nitrogens is 3. The van der Waals surface area contributed by atoms with E-state index in [4.69, 9.17) is 4.74 Å². The summed E-state index contributed by atoms with van der Waals surface area (Å²) in [5.41, 5.74) is 4.04. The highest BCUT2D eigenvalue weighted by molar-refractivity contribution is 6.46. The number of pyridine rings is 2. The maximum Gasteiger partial charge on any atom is 0.295 e. The number of aryl methyl sites for hydroxylation is 1. The lowest BCUT2D eigenvalue weighted by Gasteiger charge is -2.25. The summed E-state index contributed by atoms with van der Waals surface area (Å²) in [4.78, 5) is 37.1. The highest BCUT2D eigenvalue weighted by Crippen LogP contribution is 2.41. The Hall–Kier alpha value is -5.24. The summed E-state index contributed by atoms with van der Waals surface area (Å²) in [7, 11) is 0. The highest BCUT2D eigenvalue weighted by Gasteiger charge is 2.46. The molecule has 1 atom stereocenters. The number of rotatable bonds is 7. The average molecular weight is 531 g/mol. The van der Waals surface area contributed by atoms with Gasteiger partial charge in [0.25, 0.3) is 11.7 Å². The molecule has 198 valence electrons. The Morgan fingerprint density at radius 1 is 0.925 bits per heavy atom. The van der Waals surface area contributed by atoms with E-state index in [1.54, 1.807) is 36.0 Å². The van der Waals surface area contributed by atoms with Crippen molar-refractivity contribution in [2.24, 2.45) is 0 Å². The van der Waals surface area contributed by atoms with Gasteiger partial charge in [-0.3, -0.25) is 19.0 Å². The number of ether oxygens (including phenoxy) is 1. The van der Waals surface area contributed by atoms with Crippen molar-refractivity contribution in [3.63, 3.8) is 0 Å². The molecule has 8 nitrogen and oxygen atoms in total. The first-order valence-electron chi connectivity index (χ1n) is 12.9. The van der Waals surface area contributed by atoms with Crippen LogP contribution in [0.25, 0.3) is 11.4 Å². The predicted octanol–water partition coefficient (Wildman–Crippen LogP) is 5.24. The first kappa shape index (κ1) is 25.1. The summed E-state index contributed by atoms with van der Waals surface area (Å²) in [5.74, 6) is -1.06. The number of nitrogens with zero attached hydrogens (tertiary/aromatic N) is 4. The van der Waals surface area contributed by atoms with Gasteiger partial charge in [0.2, 0.25) is 0 Å². The first-order chi connectivity index (χ1) is 19.5. The maximum atomic E-state index is 13.5. The van der Waals surface area contributed by atoms with E-state index in [1.807, 2.05) is 78.9 Å². The van der Waals surface area contributed by atoms with E-state index < -0.39 is 17.7 Å². The molecule has 1 unspecified atom stereocenters. The number of imidazole rings is 1. The zero-order valence-corrected chi connectivity index (χ0v) is 21.8. The lowest BCUT2D eigenvalue weighted by Crippen LogP contribution is -2.29. The van der Waals surface area contributed by atoms with Gasteiger partial charge in [-0.15, -0.1) is 0 Å². The number of aliphatic hydroxyl groups excluding tert-OH is 1. The van der Waals surface area contributed by atoms with Crippen LogP contribution in [0.1, 0.15) is 34.1 Å². The van der Waals surface area contributed by atoms with Gasteiger partial charge in [0.15, 0.2) is 5.76 Å². The number of amides is 1. The van der Waals surface area contributed by atoms with Gasteiger partial charge >= 0.3 is 0 Å². The van der Waals surface area contributed by atoms with Gasteiger partial charge in [-0.1, -0.05) is 54.6 Å². The van der Waals surface area contributed by atoms with Crippen LogP contribution in [0.15, 0.2) is 109 Å². The number of Topliss-reactive ketones (excluding diaryl/α,β-unsaturated/α-hetero) is 1. The van der Waals surface area contributed by atoms with Crippen molar-refractivity contribution in [3.05, 3.63) is 137 Å². The van der Waals surface area contributed by atoms with Crippen molar-refractivity contribution in [1.82, 2.24) is 19.3 Å². The third-order valence-electron chi connectivity index (χ3n) is 6.99. The van der Waals surface area contributed by atoms with Crippen molar-refractivity contribution in [2.75, 3.05) is 0 Å². The lowest BCUT2D eigenvalue weighted by atomic mass is 9.96. The molecule has 8 heteroatoms. The van der Waals surface area contributed by atoms with E-state index in [9.17, 15) is 14.7 Å². The molecular formula is C32H26N4O4. The molecule has 3 aromatic heterocycles. The summed E-state index contributed by atoms with van der Waals surface area (Å²) in [6, 6.07) is 25.4. The zero-order valence-electron chi connectivity index (χ0n) is 21.8. The Labute approximate surface area is 230 Å². The molecule has 0 bridgehead atoms. The second kappa shape index (κ2) is 10.5. The fraction of sp³-hybridized carbons (Fsp3) is 0.125. The van der Waals surface area contributed by atoms with Gasteiger partial charge in [0.05, 0.1) is 17.3 Å². The van der Waals surface area contributed by atoms with Crippen LogP contribution in [0.3, 0.4) is 0 Å². The van der Waals surface area contributed by atoms with Gasteiger partial charge < -0.3 is 14.7 Å². The summed E-state index contributed by atoms with van der Waals surface area (Å²) >= 11 is 0. The number of aliphatic hydroxyl groups is 1. The Morgan fingerprint density at radius 2 is 1.68 bits per heavy atom. The molecule has 0 radical (unpaired) electrons. The minimum atomic E-state index is -0.822. The molecule has 1 N–H and O–H groups in total. The third kappa shape index (κ3) is 4.60. The molecule has 0 spiro atoms. The predicted molar refractivity (Wildman–Crippen MR) is 149 cm³/mol. The largest absolute Gasteiger partial charge is 0.505 e. The summed E-state index contributed by atoms with van der Waals surface area (Å²) < 4.78 is 7.66. The van der Waals surface area contributed by atoms with Gasteiger partial charge in [-0.25, -0.2) is 4.98 Å². The van der Waals surface area contributed by atoms with Gasteiger partial charge in [0, 0.05) is 25.1 Å². The highest BCUT2D eigenvalue weighted by atomic mass is 16.5. The van der Waals surface area contributed by atoms with E-state index >= 15 is 0 Å². The number of carbonyl (C=O) groups is 2. The van der Waals surface area contributed by atoms with E-state index in [-0.39, 0.29) is 17.9 Å². The van der Waals surface area contributed by atoms with Crippen LogP contribution in [-0.4, -0.2) is 36.1 Å². The average Bonchev–Trinajstić information content (AvgIpc) is 3.45. The van der Waals surface area contributed by atoms with Gasteiger partial charge in [-0.05, 0) is 53.9 Å². The third-order valence-corrected chi connectivity index (χ3v) is 6.99. The van der Waals surface area contributed by atoms with Crippen LogP contribution in [-0.2, 0) is 22.7 Å². The molecule has 40 heavy (non-hydrogen) atoms. The van der Waals surface area contributed by atoms with E-state index in [1.165, 1.54) is 4.90 Å². The smallest absolute Gasteiger partial charge is 0.295 e. The molecule has 1 fully saturated rings. The molecule has 1 aliphatic rings. The van der Waals surface area contributed by atoms with Crippen molar-refractivity contribution >= 4 is 23.1 Å². The van der Waals surface area contributed by atoms with Crippen LogP contribution in [0.5, 0.6) is 5.75 Å². The lowest BCUT2D eigenvalue weighted by molar-refractivity contribution is -0.140. The standard InChI is InChI=1S/C32H26N4O4/c1-21-28(35-17-6-5-11-26(35)34-21)30(37)27-29(36(32(39)31(27)38)19-23-10-7-16-33-18-23)24-12-14-25(15-13-24)40-20-22-8-3-2-4-9-22/h2-18,29,37H,19-20H2,1H3/b30-27+. The Morgan fingerprint density at radius 3 is 2.42 bits per heavy atom. The minimum absolute atomic E-state index is 0.0144. The Kier molecular flexibility index (Phi) is 6.57. The molecule has 1 saturated heterocycles. The second-order valence-electron chi connectivity index (χ2n) is 9.61. The first-order valence-corrected chi connectivity index (χ1v) is 12.9. The molecule has 0 aliphatic carbocycles. The number of hydrogen-bond acceptors (Lipinski definition) is 6. The van der Waals surface area contributed by atoms with Crippen LogP contribution < -0.4 is 4.74 Å². The van der Waals surface area contributed by atoms with Crippen LogP contribution in [0.4, 0.5) is 0 Å². The second-order valence-corrected chi connectivity index (χ2v) is 9.61. The number of hydrogen-bond donors (Lipinski definition) is 1. The molecular weight excluding hydrogens is 504 g/mol. The number of likely N-dealkylation sites (tertiary alicyclic amines) is 1. The van der Waals surface area contributed by atoms with Gasteiger partial charge in [0.1, 0.15) is 23.7 Å². The number of carbonyl (C=O) groups excluding carboxylic acids is 2. The normalized spacial score (nSPS) is 16.5. The number of ketones is 1. The number of benzene rings is 2. The summed E-state index contributed by atoms with van der Waals surface area (Å²) in [6.45, 7) is 2.33. The molecule has 5 aromatic rings. The summed E-state index contributed by atoms with van der Waals surface area (Å²) in [5, 5.41) is 11.6. The molecule has 2 aromatic carbocycles. The van der Waals surface area contributed by atoms with Crippen molar-refractivity contribution in [3.8, 4) is 5.75 Å². The molecule has 4 heterocycles. The Bertz CT molecular complexity index is 1730. The quantitative estimate of drug-likeness (QED) is 0.176.